The SMILES string of the molecule is N=C(N)c1ccc(OCCCNCCNCCCOc2cccc(C(=N)N)c2)cc1. The van der Waals surface area contributed by atoms with Crippen LogP contribution in [0.3, 0.4) is 0 Å². The number of rotatable bonds is 15. The van der Waals surface area contributed by atoms with Crippen LogP contribution in [0, 0.1) is 10.8 Å². The number of ether oxygens (including phenoxy) is 2. The first-order valence-corrected chi connectivity index (χ1v) is 10.1. The summed E-state index contributed by atoms with van der Waals surface area (Å²) in [5.74, 6) is 1.63. The molecule has 0 fully saturated rings. The molecule has 0 aromatic heterocycles. The lowest BCUT2D eigenvalue weighted by molar-refractivity contribution is 0.305. The summed E-state index contributed by atoms with van der Waals surface area (Å²) >= 11 is 0. The van der Waals surface area contributed by atoms with E-state index in [1.54, 1.807) is 24.3 Å². The van der Waals surface area contributed by atoms with Crippen LogP contribution < -0.4 is 31.6 Å². The summed E-state index contributed by atoms with van der Waals surface area (Å²) in [6.07, 6.45) is 1.82. The van der Waals surface area contributed by atoms with Crippen LogP contribution in [0.2, 0.25) is 0 Å². The Bertz CT molecular complexity index is 794. The molecule has 8 heteroatoms. The van der Waals surface area contributed by atoms with E-state index in [0.717, 1.165) is 50.5 Å². The van der Waals surface area contributed by atoms with Gasteiger partial charge in [0.2, 0.25) is 0 Å². The summed E-state index contributed by atoms with van der Waals surface area (Å²) in [6.45, 7) is 4.83. The maximum atomic E-state index is 7.44. The maximum absolute atomic E-state index is 7.44. The molecular weight excluding hydrogens is 380 g/mol. The number of hydrogen-bond donors (Lipinski definition) is 6. The van der Waals surface area contributed by atoms with Crippen LogP contribution in [0.15, 0.2) is 48.5 Å². The molecule has 0 aliphatic heterocycles. The topological polar surface area (TPSA) is 142 Å². The Labute approximate surface area is 178 Å². The molecule has 0 spiro atoms. The number of hydrogen-bond acceptors (Lipinski definition) is 6. The van der Waals surface area contributed by atoms with Gasteiger partial charge in [0.25, 0.3) is 0 Å². The monoisotopic (exact) mass is 412 g/mol. The van der Waals surface area contributed by atoms with Crippen molar-refractivity contribution >= 4 is 11.7 Å². The Kier molecular flexibility index (Phi) is 10.2. The van der Waals surface area contributed by atoms with Gasteiger partial charge in [-0.25, -0.2) is 0 Å². The highest BCUT2D eigenvalue weighted by Crippen LogP contribution is 2.13. The summed E-state index contributed by atoms with van der Waals surface area (Å²) in [6, 6.07) is 14.5. The van der Waals surface area contributed by atoms with Crippen LogP contribution in [0.5, 0.6) is 11.5 Å². The molecule has 0 saturated heterocycles. The first-order valence-electron chi connectivity index (χ1n) is 10.1. The normalized spacial score (nSPS) is 10.5. The number of nitrogens with two attached hydrogens (primary N) is 2. The Hall–Kier alpha value is -3.10. The van der Waals surface area contributed by atoms with Crippen molar-refractivity contribution in [2.75, 3.05) is 39.4 Å². The second kappa shape index (κ2) is 13.2. The fraction of sp³-hybridized carbons (Fsp3) is 0.364. The predicted octanol–water partition coefficient (Wildman–Crippen LogP) is 1.67. The Morgan fingerprint density at radius 2 is 1.27 bits per heavy atom. The van der Waals surface area contributed by atoms with Crippen molar-refractivity contribution in [2.24, 2.45) is 11.5 Å². The minimum Gasteiger partial charge on any atom is -0.494 e. The van der Waals surface area contributed by atoms with Gasteiger partial charge in [-0.15, -0.1) is 0 Å². The van der Waals surface area contributed by atoms with Crippen molar-refractivity contribution in [3.63, 3.8) is 0 Å². The summed E-state index contributed by atoms with van der Waals surface area (Å²) in [5, 5.41) is 21.6. The zero-order valence-corrected chi connectivity index (χ0v) is 17.2. The Morgan fingerprint density at radius 3 is 1.83 bits per heavy atom. The molecule has 0 bridgehead atoms. The highest BCUT2D eigenvalue weighted by molar-refractivity contribution is 5.95. The Balaban J connectivity index is 1.41. The van der Waals surface area contributed by atoms with Crippen molar-refractivity contribution in [2.45, 2.75) is 12.8 Å². The van der Waals surface area contributed by atoms with Crippen LogP contribution >= 0.6 is 0 Å². The zero-order chi connectivity index (χ0) is 21.6. The molecule has 0 unspecified atom stereocenters. The molecule has 0 aliphatic rings. The minimum absolute atomic E-state index is 0.0458. The third kappa shape index (κ3) is 8.93. The van der Waals surface area contributed by atoms with Crippen molar-refractivity contribution in [3.05, 3.63) is 59.7 Å². The van der Waals surface area contributed by atoms with Crippen LogP contribution in [0.4, 0.5) is 0 Å². The lowest BCUT2D eigenvalue weighted by Crippen LogP contribution is -2.29. The molecule has 8 N–H and O–H groups in total. The molecule has 0 radical (unpaired) electrons. The van der Waals surface area contributed by atoms with E-state index in [-0.39, 0.29) is 11.7 Å². The average molecular weight is 413 g/mol. The summed E-state index contributed by atoms with van der Waals surface area (Å²) < 4.78 is 11.4. The molecule has 162 valence electrons. The molecular formula is C22H32N6O2. The fourth-order valence-electron chi connectivity index (χ4n) is 2.69. The summed E-state index contributed by atoms with van der Waals surface area (Å²) in [5.41, 5.74) is 12.3. The van der Waals surface area contributed by atoms with Gasteiger partial charge in [-0.2, -0.15) is 0 Å². The van der Waals surface area contributed by atoms with E-state index >= 15 is 0 Å². The van der Waals surface area contributed by atoms with Gasteiger partial charge in [-0.1, -0.05) is 12.1 Å². The van der Waals surface area contributed by atoms with Crippen LogP contribution in [-0.2, 0) is 0 Å². The van der Waals surface area contributed by atoms with E-state index < -0.39 is 0 Å². The van der Waals surface area contributed by atoms with Gasteiger partial charge in [-0.3, -0.25) is 10.8 Å². The zero-order valence-electron chi connectivity index (χ0n) is 17.2. The van der Waals surface area contributed by atoms with E-state index in [0.29, 0.717) is 24.3 Å². The number of benzene rings is 2. The fourth-order valence-corrected chi connectivity index (χ4v) is 2.69. The van der Waals surface area contributed by atoms with E-state index in [4.69, 9.17) is 31.8 Å². The number of nitrogen functional groups attached to an aromatic ring is 2. The standard InChI is InChI=1S/C22H32N6O2/c23-21(24)17-6-8-19(9-7-17)29-14-2-10-27-12-13-28-11-3-15-30-20-5-1-4-18(16-20)22(25)26/h1,4-9,16,27-28H,2-3,10-15H2,(H3,23,24)(H3,25,26). The van der Waals surface area contributed by atoms with Crippen LogP contribution in [-0.4, -0.2) is 51.1 Å². The highest BCUT2D eigenvalue weighted by Gasteiger charge is 2.00. The molecule has 0 aliphatic carbocycles. The molecule has 0 amide bonds. The Morgan fingerprint density at radius 1 is 0.700 bits per heavy atom. The molecule has 8 nitrogen and oxygen atoms in total. The summed E-state index contributed by atoms with van der Waals surface area (Å²) in [7, 11) is 0. The van der Waals surface area contributed by atoms with Gasteiger partial charge in [0.1, 0.15) is 23.2 Å². The lowest BCUT2D eigenvalue weighted by atomic mass is 10.2. The third-order valence-electron chi connectivity index (χ3n) is 4.32. The van der Waals surface area contributed by atoms with Crippen molar-refractivity contribution in [3.8, 4) is 11.5 Å². The molecule has 2 aromatic rings. The van der Waals surface area contributed by atoms with Crippen molar-refractivity contribution in [1.82, 2.24) is 10.6 Å². The first-order chi connectivity index (χ1) is 14.6. The van der Waals surface area contributed by atoms with Crippen molar-refractivity contribution < 1.29 is 9.47 Å². The van der Waals surface area contributed by atoms with Crippen LogP contribution in [0.1, 0.15) is 24.0 Å². The third-order valence-corrected chi connectivity index (χ3v) is 4.32. The van der Waals surface area contributed by atoms with Gasteiger partial charge in [-0.05, 0) is 62.3 Å². The summed E-state index contributed by atoms with van der Waals surface area (Å²) in [4.78, 5) is 0. The minimum atomic E-state index is 0.0458. The van der Waals surface area contributed by atoms with Crippen molar-refractivity contribution in [1.29, 1.82) is 10.8 Å². The number of nitrogens with one attached hydrogen (secondary N) is 4. The molecule has 0 saturated carbocycles. The molecule has 2 aromatic carbocycles. The first kappa shape index (κ1) is 23.2. The van der Waals surface area contributed by atoms with Gasteiger partial charge in [0.15, 0.2) is 0 Å². The van der Waals surface area contributed by atoms with Gasteiger partial charge >= 0.3 is 0 Å². The smallest absolute Gasteiger partial charge is 0.122 e. The largest absolute Gasteiger partial charge is 0.494 e. The van der Waals surface area contributed by atoms with E-state index in [9.17, 15) is 0 Å². The maximum Gasteiger partial charge on any atom is 0.122 e. The predicted molar refractivity (Wildman–Crippen MR) is 121 cm³/mol. The molecule has 0 heterocycles. The average Bonchev–Trinajstić information content (AvgIpc) is 2.75. The quantitative estimate of drug-likeness (QED) is 0.149. The van der Waals surface area contributed by atoms with Gasteiger partial charge in [0, 0.05) is 24.2 Å². The second-order valence-corrected chi connectivity index (χ2v) is 6.78. The molecule has 2 rings (SSSR count). The molecule has 30 heavy (non-hydrogen) atoms. The highest BCUT2D eigenvalue weighted by atomic mass is 16.5. The molecule has 0 atom stereocenters. The second-order valence-electron chi connectivity index (χ2n) is 6.78. The van der Waals surface area contributed by atoms with Crippen LogP contribution in [0.25, 0.3) is 0 Å². The van der Waals surface area contributed by atoms with E-state index in [1.165, 1.54) is 0 Å². The van der Waals surface area contributed by atoms with E-state index in [1.807, 2.05) is 24.3 Å². The van der Waals surface area contributed by atoms with Gasteiger partial charge < -0.3 is 31.6 Å². The lowest BCUT2D eigenvalue weighted by Gasteiger charge is -2.09. The van der Waals surface area contributed by atoms with E-state index in [2.05, 4.69) is 10.6 Å². The number of amidine groups is 2. The van der Waals surface area contributed by atoms with Gasteiger partial charge in [0.05, 0.1) is 13.2 Å².